The fourth-order valence-corrected chi connectivity index (χ4v) is 6.52. The number of hydrogen-bond acceptors (Lipinski definition) is 6. The van der Waals surface area contributed by atoms with Gasteiger partial charge in [-0.2, -0.15) is 0 Å². The number of nitrogens with zero attached hydrogens (tertiary/aromatic N) is 4. The molecule has 0 saturated heterocycles. The average Bonchev–Trinajstić information content (AvgIpc) is 3.40. The number of aliphatic imine (C=N–C) groups is 1. The van der Waals surface area contributed by atoms with Gasteiger partial charge in [0.15, 0.2) is 0 Å². The van der Waals surface area contributed by atoms with Gasteiger partial charge in [0.2, 0.25) is 5.96 Å². The zero-order valence-corrected chi connectivity index (χ0v) is 20.5. The molecule has 1 aromatic rings. The second-order valence-electron chi connectivity index (χ2n) is 9.57. The van der Waals surface area contributed by atoms with Crippen LogP contribution in [-0.2, 0) is 16.4 Å². The number of urea groups is 1. The molecule has 1 atom stereocenters. The number of nitrogens with one attached hydrogen (secondary N) is 1. The van der Waals surface area contributed by atoms with Crippen molar-refractivity contribution in [2.75, 3.05) is 45.2 Å². The summed E-state index contributed by atoms with van der Waals surface area (Å²) in [5.41, 5.74) is 7.71. The predicted octanol–water partition coefficient (Wildman–Crippen LogP) is 1.98. The fraction of sp³-hybridized carbons (Fsp3) is 0.652. The third-order valence-electron chi connectivity index (χ3n) is 6.94. The molecule has 0 radical (unpaired) electrons. The van der Waals surface area contributed by atoms with E-state index >= 15 is 0 Å². The van der Waals surface area contributed by atoms with Crippen LogP contribution in [0.5, 0.6) is 0 Å². The van der Waals surface area contributed by atoms with Gasteiger partial charge in [-0.1, -0.05) is 19.3 Å². The highest BCUT2D eigenvalue weighted by Crippen LogP contribution is 2.34. The first-order valence-electron chi connectivity index (χ1n) is 12.0. The Kier molecular flexibility index (Phi) is 7.13. The smallest absolute Gasteiger partial charge is 0.321 e. The van der Waals surface area contributed by atoms with Crippen molar-refractivity contribution in [1.29, 1.82) is 0 Å². The van der Waals surface area contributed by atoms with Crippen LogP contribution in [-0.4, -0.2) is 75.9 Å². The molecule has 182 valence electrons. The SMILES string of the molecule is CN(C)CCCNC(=O)N1CCc2cc(S(=O)(=O)N3CC(C4CCCCC4)N=C3N)ccc21. The molecule has 3 aliphatic rings. The van der Waals surface area contributed by atoms with Gasteiger partial charge in [-0.05, 0) is 76.0 Å². The molecule has 0 bridgehead atoms. The maximum absolute atomic E-state index is 13.4. The van der Waals surface area contributed by atoms with Gasteiger partial charge in [-0.3, -0.25) is 4.90 Å². The summed E-state index contributed by atoms with van der Waals surface area (Å²) in [5, 5.41) is 2.95. The zero-order chi connectivity index (χ0) is 23.6. The molecule has 33 heavy (non-hydrogen) atoms. The largest absolute Gasteiger partial charge is 0.369 e. The lowest BCUT2D eigenvalue weighted by molar-refractivity contribution is 0.246. The van der Waals surface area contributed by atoms with E-state index in [2.05, 4.69) is 15.2 Å². The fourth-order valence-electron chi connectivity index (χ4n) is 5.10. The molecule has 2 amide bonds. The summed E-state index contributed by atoms with van der Waals surface area (Å²) in [6.45, 7) is 2.36. The Morgan fingerprint density at radius 1 is 1.24 bits per heavy atom. The minimum absolute atomic E-state index is 0.0545. The molecule has 1 aromatic carbocycles. The summed E-state index contributed by atoms with van der Waals surface area (Å²) in [6.07, 6.45) is 7.25. The monoisotopic (exact) mass is 476 g/mol. The molecule has 9 nitrogen and oxygen atoms in total. The summed E-state index contributed by atoms with van der Waals surface area (Å²) >= 11 is 0. The normalized spacial score (nSPS) is 21.4. The van der Waals surface area contributed by atoms with Crippen LogP contribution >= 0.6 is 0 Å². The van der Waals surface area contributed by atoms with Crippen LogP contribution in [0.25, 0.3) is 0 Å². The molecule has 3 N–H and O–H groups in total. The number of amides is 2. The van der Waals surface area contributed by atoms with Crippen LogP contribution < -0.4 is 16.0 Å². The Bertz CT molecular complexity index is 1000. The average molecular weight is 477 g/mol. The lowest BCUT2D eigenvalue weighted by atomic mass is 9.84. The summed E-state index contributed by atoms with van der Waals surface area (Å²) in [7, 11) is 0.213. The van der Waals surface area contributed by atoms with E-state index in [1.54, 1.807) is 23.1 Å². The molecule has 0 aromatic heterocycles. The third kappa shape index (κ3) is 5.11. The number of anilines is 1. The number of guanidine groups is 1. The highest BCUT2D eigenvalue weighted by molar-refractivity contribution is 7.89. The summed E-state index contributed by atoms with van der Waals surface area (Å²) in [6, 6.07) is 4.80. The number of fused-ring (bicyclic) bond motifs is 1. The number of hydrogen-bond donors (Lipinski definition) is 2. The first-order chi connectivity index (χ1) is 15.8. The predicted molar refractivity (Wildman–Crippen MR) is 130 cm³/mol. The second kappa shape index (κ2) is 9.89. The molecule has 2 heterocycles. The Morgan fingerprint density at radius 3 is 2.73 bits per heavy atom. The molecule has 4 rings (SSSR count). The van der Waals surface area contributed by atoms with Crippen molar-refractivity contribution in [2.24, 2.45) is 16.6 Å². The van der Waals surface area contributed by atoms with E-state index in [0.29, 0.717) is 32.0 Å². The van der Waals surface area contributed by atoms with E-state index in [1.807, 2.05) is 14.1 Å². The molecular formula is C23H36N6O3S. The van der Waals surface area contributed by atoms with E-state index < -0.39 is 10.0 Å². The second-order valence-corrected chi connectivity index (χ2v) is 11.4. The van der Waals surface area contributed by atoms with Crippen molar-refractivity contribution in [2.45, 2.75) is 55.9 Å². The van der Waals surface area contributed by atoms with Crippen molar-refractivity contribution < 1.29 is 13.2 Å². The number of nitrogens with two attached hydrogens (primary N) is 1. The van der Waals surface area contributed by atoms with Gasteiger partial charge in [-0.25, -0.2) is 22.5 Å². The van der Waals surface area contributed by atoms with Crippen molar-refractivity contribution in [3.8, 4) is 0 Å². The quantitative estimate of drug-likeness (QED) is 0.585. The Morgan fingerprint density at radius 2 is 2.00 bits per heavy atom. The first-order valence-corrected chi connectivity index (χ1v) is 13.4. The Labute approximate surface area is 197 Å². The van der Waals surface area contributed by atoms with Gasteiger partial charge < -0.3 is 16.0 Å². The number of carbonyl (C=O) groups is 1. The summed E-state index contributed by atoms with van der Waals surface area (Å²) < 4.78 is 28.0. The molecule has 1 unspecified atom stereocenters. The number of sulfonamides is 1. The lowest BCUT2D eigenvalue weighted by Gasteiger charge is -2.26. The van der Waals surface area contributed by atoms with Crippen molar-refractivity contribution in [1.82, 2.24) is 14.5 Å². The van der Waals surface area contributed by atoms with Gasteiger partial charge in [0.05, 0.1) is 17.5 Å². The number of benzene rings is 1. The molecule has 1 saturated carbocycles. The van der Waals surface area contributed by atoms with E-state index in [0.717, 1.165) is 37.1 Å². The number of rotatable bonds is 7. The third-order valence-corrected chi connectivity index (χ3v) is 8.70. The maximum Gasteiger partial charge on any atom is 0.321 e. The van der Waals surface area contributed by atoms with Crippen molar-refractivity contribution in [3.63, 3.8) is 0 Å². The standard InChI is InChI=1S/C23H36N6O3S/c1-27(2)13-6-12-25-23(30)28-14-11-18-15-19(9-10-21(18)28)33(31,32)29-16-20(26-22(29)24)17-7-4-3-5-8-17/h9-10,15,17,20H,3-8,11-14,16H2,1-2H3,(H2,24,26)(H,25,30). The zero-order valence-electron chi connectivity index (χ0n) is 19.7. The first kappa shape index (κ1) is 23.8. The van der Waals surface area contributed by atoms with Gasteiger partial charge in [0, 0.05) is 18.8 Å². The molecule has 0 spiro atoms. The van der Waals surface area contributed by atoms with E-state index in [-0.39, 0.29) is 22.9 Å². The molecule has 10 heteroatoms. The topological polar surface area (TPSA) is 111 Å². The van der Waals surface area contributed by atoms with E-state index in [1.165, 1.54) is 23.6 Å². The molecule has 2 aliphatic heterocycles. The van der Waals surface area contributed by atoms with Gasteiger partial charge in [0.1, 0.15) is 0 Å². The van der Waals surface area contributed by atoms with Crippen LogP contribution in [0, 0.1) is 5.92 Å². The van der Waals surface area contributed by atoms with E-state index in [9.17, 15) is 13.2 Å². The number of carbonyl (C=O) groups excluding carboxylic acids is 1. The highest BCUT2D eigenvalue weighted by atomic mass is 32.2. The van der Waals surface area contributed by atoms with Crippen LogP contribution in [0.1, 0.15) is 44.1 Å². The lowest BCUT2D eigenvalue weighted by Crippen LogP contribution is -2.40. The van der Waals surface area contributed by atoms with Crippen molar-refractivity contribution >= 4 is 27.7 Å². The van der Waals surface area contributed by atoms with Crippen LogP contribution in [0.4, 0.5) is 10.5 Å². The van der Waals surface area contributed by atoms with Gasteiger partial charge >= 0.3 is 6.03 Å². The van der Waals surface area contributed by atoms with E-state index in [4.69, 9.17) is 5.73 Å². The minimum Gasteiger partial charge on any atom is -0.369 e. The maximum atomic E-state index is 13.4. The summed E-state index contributed by atoms with van der Waals surface area (Å²) in [4.78, 5) is 21.1. The summed E-state index contributed by atoms with van der Waals surface area (Å²) in [5.74, 6) is 0.493. The molecule has 1 fully saturated rings. The Balaban J connectivity index is 1.43. The molecular weight excluding hydrogens is 440 g/mol. The van der Waals surface area contributed by atoms with Gasteiger partial charge in [0.25, 0.3) is 10.0 Å². The molecule has 1 aliphatic carbocycles. The minimum atomic E-state index is -3.79. The van der Waals surface area contributed by atoms with Crippen LogP contribution in [0.3, 0.4) is 0 Å². The van der Waals surface area contributed by atoms with Crippen molar-refractivity contribution in [3.05, 3.63) is 23.8 Å². The Hall–Kier alpha value is -2.33. The highest BCUT2D eigenvalue weighted by Gasteiger charge is 2.38. The van der Waals surface area contributed by atoms with Crippen LogP contribution in [0.15, 0.2) is 28.1 Å². The van der Waals surface area contributed by atoms with Crippen LogP contribution in [0.2, 0.25) is 0 Å². The van der Waals surface area contributed by atoms with Gasteiger partial charge in [-0.15, -0.1) is 0 Å².